The maximum Gasteiger partial charge on any atom is 0.191 e. The zero-order valence-electron chi connectivity index (χ0n) is 13.6. The van der Waals surface area contributed by atoms with Crippen molar-refractivity contribution in [1.82, 2.24) is 19.7 Å². The SMILES string of the molecule is C=CCn1c(SCc2csc(-c3ccccc3Cl)n2)nnc1C1CC1. The summed E-state index contributed by atoms with van der Waals surface area (Å²) in [7, 11) is 0. The van der Waals surface area contributed by atoms with E-state index in [0.29, 0.717) is 5.92 Å². The molecule has 0 saturated heterocycles. The number of allylic oxidation sites excluding steroid dienone is 1. The number of thiazole rings is 1. The molecule has 0 bridgehead atoms. The van der Waals surface area contributed by atoms with Gasteiger partial charge >= 0.3 is 0 Å². The van der Waals surface area contributed by atoms with Gasteiger partial charge in [-0.15, -0.1) is 28.1 Å². The first-order valence-electron chi connectivity index (χ1n) is 8.12. The second-order valence-electron chi connectivity index (χ2n) is 5.93. The second kappa shape index (κ2) is 7.32. The highest BCUT2D eigenvalue weighted by molar-refractivity contribution is 7.98. The molecule has 0 unspecified atom stereocenters. The third-order valence-electron chi connectivity index (χ3n) is 4.00. The largest absolute Gasteiger partial charge is 0.302 e. The lowest BCUT2D eigenvalue weighted by Crippen LogP contribution is -2.02. The first-order valence-corrected chi connectivity index (χ1v) is 10.4. The summed E-state index contributed by atoms with van der Waals surface area (Å²) in [4.78, 5) is 4.72. The van der Waals surface area contributed by atoms with E-state index in [2.05, 4.69) is 26.7 Å². The second-order valence-corrected chi connectivity index (χ2v) is 8.13. The van der Waals surface area contributed by atoms with Gasteiger partial charge in [0, 0.05) is 29.2 Å². The smallest absolute Gasteiger partial charge is 0.191 e. The fourth-order valence-electron chi connectivity index (χ4n) is 2.62. The van der Waals surface area contributed by atoms with Gasteiger partial charge in [-0.1, -0.05) is 47.6 Å². The average Bonchev–Trinajstić information content (AvgIpc) is 3.22. The number of hydrogen-bond acceptors (Lipinski definition) is 5. The topological polar surface area (TPSA) is 43.6 Å². The average molecular weight is 389 g/mol. The van der Waals surface area contributed by atoms with E-state index in [1.165, 1.54) is 12.8 Å². The Hall–Kier alpha value is -1.63. The van der Waals surface area contributed by atoms with E-state index < -0.39 is 0 Å². The molecule has 1 aliphatic rings. The van der Waals surface area contributed by atoms with Crippen LogP contribution in [0.25, 0.3) is 10.6 Å². The first-order chi connectivity index (χ1) is 12.3. The number of benzene rings is 1. The van der Waals surface area contributed by atoms with Crippen LogP contribution in [-0.4, -0.2) is 19.7 Å². The summed E-state index contributed by atoms with van der Waals surface area (Å²) < 4.78 is 2.18. The molecular weight excluding hydrogens is 372 g/mol. The van der Waals surface area contributed by atoms with E-state index in [1.54, 1.807) is 23.1 Å². The molecule has 4 nitrogen and oxygen atoms in total. The summed E-state index contributed by atoms with van der Waals surface area (Å²) in [5.74, 6) is 2.44. The fourth-order valence-corrected chi connectivity index (χ4v) is 4.71. The van der Waals surface area contributed by atoms with Crippen molar-refractivity contribution in [2.45, 2.75) is 36.2 Å². The summed E-state index contributed by atoms with van der Waals surface area (Å²) in [5.41, 5.74) is 2.02. The van der Waals surface area contributed by atoms with Crippen molar-refractivity contribution < 1.29 is 0 Å². The van der Waals surface area contributed by atoms with Crippen LogP contribution in [0.15, 0.2) is 47.5 Å². The van der Waals surface area contributed by atoms with Gasteiger partial charge in [0.1, 0.15) is 10.8 Å². The Morgan fingerprint density at radius 1 is 1.32 bits per heavy atom. The first kappa shape index (κ1) is 16.8. The lowest BCUT2D eigenvalue weighted by Gasteiger charge is -2.06. The van der Waals surface area contributed by atoms with E-state index in [1.807, 2.05) is 30.3 Å². The summed E-state index contributed by atoms with van der Waals surface area (Å²) in [5, 5.41) is 13.5. The molecule has 1 saturated carbocycles. The van der Waals surface area contributed by atoms with Crippen molar-refractivity contribution in [1.29, 1.82) is 0 Å². The molecule has 3 aromatic rings. The maximum absolute atomic E-state index is 6.27. The summed E-state index contributed by atoms with van der Waals surface area (Å²) in [6, 6.07) is 7.80. The molecule has 0 N–H and O–H groups in total. The molecule has 128 valence electrons. The van der Waals surface area contributed by atoms with Crippen LogP contribution in [0.3, 0.4) is 0 Å². The zero-order valence-corrected chi connectivity index (χ0v) is 15.9. The van der Waals surface area contributed by atoms with Gasteiger partial charge in [-0.3, -0.25) is 0 Å². The molecule has 0 amide bonds. The predicted molar refractivity (Wildman–Crippen MR) is 104 cm³/mol. The molecular formula is C18H17ClN4S2. The molecule has 25 heavy (non-hydrogen) atoms. The molecule has 7 heteroatoms. The van der Waals surface area contributed by atoms with Crippen molar-refractivity contribution in [3.05, 3.63) is 58.8 Å². The third-order valence-corrected chi connectivity index (χ3v) is 6.26. The Bertz CT molecular complexity index is 898. The quantitative estimate of drug-likeness (QED) is 0.401. The van der Waals surface area contributed by atoms with Crippen LogP contribution in [0.5, 0.6) is 0 Å². The highest BCUT2D eigenvalue weighted by Gasteiger charge is 2.30. The van der Waals surface area contributed by atoms with E-state index in [-0.39, 0.29) is 0 Å². The Labute approximate surface area is 160 Å². The van der Waals surface area contributed by atoms with Crippen LogP contribution in [0.2, 0.25) is 5.02 Å². The Balaban J connectivity index is 1.49. The molecule has 1 aromatic carbocycles. The van der Waals surface area contributed by atoms with Crippen LogP contribution in [0, 0.1) is 0 Å². The molecule has 1 aliphatic carbocycles. The van der Waals surface area contributed by atoms with Gasteiger partial charge in [0.05, 0.1) is 10.7 Å². The van der Waals surface area contributed by atoms with Crippen molar-refractivity contribution >= 4 is 34.7 Å². The Kier molecular flexibility index (Phi) is 4.92. The third kappa shape index (κ3) is 3.66. The number of nitrogens with zero attached hydrogens (tertiary/aromatic N) is 4. The molecule has 0 radical (unpaired) electrons. The van der Waals surface area contributed by atoms with Gasteiger partial charge in [-0.25, -0.2) is 4.98 Å². The van der Waals surface area contributed by atoms with Gasteiger partial charge in [-0.2, -0.15) is 0 Å². The Morgan fingerprint density at radius 3 is 2.92 bits per heavy atom. The van der Waals surface area contributed by atoms with Gasteiger partial charge in [0.15, 0.2) is 5.16 Å². The highest BCUT2D eigenvalue weighted by atomic mass is 35.5. The van der Waals surface area contributed by atoms with Crippen molar-refractivity contribution in [2.24, 2.45) is 0 Å². The molecule has 2 heterocycles. The van der Waals surface area contributed by atoms with Crippen LogP contribution < -0.4 is 0 Å². The molecule has 2 aromatic heterocycles. The van der Waals surface area contributed by atoms with Gasteiger partial charge in [-0.05, 0) is 18.9 Å². The molecule has 0 aliphatic heterocycles. The monoisotopic (exact) mass is 388 g/mol. The van der Waals surface area contributed by atoms with Crippen molar-refractivity contribution in [2.75, 3.05) is 0 Å². The minimum Gasteiger partial charge on any atom is -0.302 e. The molecule has 0 atom stereocenters. The van der Waals surface area contributed by atoms with E-state index in [9.17, 15) is 0 Å². The molecule has 1 fully saturated rings. The minimum absolute atomic E-state index is 0.577. The highest BCUT2D eigenvalue weighted by Crippen LogP contribution is 2.40. The van der Waals surface area contributed by atoms with Crippen LogP contribution >= 0.6 is 34.7 Å². The van der Waals surface area contributed by atoms with E-state index in [4.69, 9.17) is 16.6 Å². The summed E-state index contributed by atoms with van der Waals surface area (Å²) in [6.07, 6.45) is 4.33. The number of rotatable bonds is 7. The summed E-state index contributed by atoms with van der Waals surface area (Å²) >= 11 is 9.56. The van der Waals surface area contributed by atoms with Gasteiger partial charge in [0.25, 0.3) is 0 Å². The standard InChI is InChI=1S/C18H17ClN4S2/c1-2-9-23-16(12-7-8-12)21-22-18(23)25-11-13-10-24-17(20-13)14-5-3-4-6-15(14)19/h2-6,10,12H,1,7-9,11H2. The van der Waals surface area contributed by atoms with Crippen LogP contribution in [0.4, 0.5) is 0 Å². The van der Waals surface area contributed by atoms with Crippen molar-refractivity contribution in [3.8, 4) is 10.6 Å². The normalized spacial score (nSPS) is 14.0. The number of aromatic nitrogens is 4. The van der Waals surface area contributed by atoms with Crippen molar-refractivity contribution in [3.63, 3.8) is 0 Å². The number of hydrogen-bond donors (Lipinski definition) is 0. The van der Waals surface area contributed by atoms with E-state index in [0.717, 1.165) is 44.6 Å². The fraction of sp³-hybridized carbons (Fsp3) is 0.278. The minimum atomic E-state index is 0.577. The lowest BCUT2D eigenvalue weighted by atomic mass is 10.2. The zero-order chi connectivity index (χ0) is 17.2. The predicted octanol–water partition coefficient (Wildman–Crippen LogP) is 5.41. The lowest BCUT2D eigenvalue weighted by molar-refractivity contribution is 0.681. The van der Waals surface area contributed by atoms with Gasteiger partial charge in [0.2, 0.25) is 0 Å². The van der Waals surface area contributed by atoms with E-state index >= 15 is 0 Å². The van der Waals surface area contributed by atoms with Gasteiger partial charge < -0.3 is 4.57 Å². The molecule has 0 spiro atoms. The van der Waals surface area contributed by atoms with Crippen LogP contribution in [-0.2, 0) is 12.3 Å². The Morgan fingerprint density at radius 2 is 2.16 bits per heavy atom. The number of halogens is 1. The molecule has 4 rings (SSSR count). The maximum atomic E-state index is 6.27. The number of thioether (sulfide) groups is 1. The van der Waals surface area contributed by atoms with Crippen LogP contribution in [0.1, 0.15) is 30.3 Å². The summed E-state index contributed by atoms with van der Waals surface area (Å²) in [6.45, 7) is 4.61.